The molecule has 0 saturated carbocycles. The highest BCUT2D eigenvalue weighted by Crippen LogP contribution is 2.24. The van der Waals surface area contributed by atoms with E-state index in [1.165, 1.54) is 6.07 Å². The number of ether oxygens (including phenoxy) is 1. The predicted molar refractivity (Wildman–Crippen MR) is 95.5 cm³/mol. The van der Waals surface area contributed by atoms with E-state index in [1.54, 1.807) is 18.2 Å². The van der Waals surface area contributed by atoms with Crippen molar-refractivity contribution in [2.45, 2.75) is 25.9 Å². The van der Waals surface area contributed by atoms with Crippen molar-refractivity contribution < 1.29 is 22.7 Å². The van der Waals surface area contributed by atoms with Gasteiger partial charge in [-0.3, -0.25) is 4.79 Å². The van der Waals surface area contributed by atoms with Crippen LogP contribution in [0.5, 0.6) is 5.75 Å². The first kappa shape index (κ1) is 19.6. The molecule has 140 valence electrons. The molecule has 1 amide bonds. The molecule has 0 aliphatic carbocycles. The van der Waals surface area contributed by atoms with Crippen LogP contribution >= 0.6 is 0 Å². The Morgan fingerprint density at radius 2 is 1.69 bits per heavy atom. The number of amides is 1. The minimum atomic E-state index is -4.33. The zero-order chi connectivity index (χ0) is 19.0. The summed E-state index contributed by atoms with van der Waals surface area (Å²) in [4.78, 5) is 12.0. The fourth-order valence-corrected chi connectivity index (χ4v) is 2.29. The number of carbonyl (C=O) groups excluding carboxylic acids is 1. The van der Waals surface area contributed by atoms with Crippen molar-refractivity contribution in [1.82, 2.24) is 0 Å². The Morgan fingerprint density at radius 3 is 2.38 bits per heavy atom. The predicted octanol–water partition coefficient (Wildman–Crippen LogP) is 4.77. The molecule has 0 aliphatic rings. The number of halogens is 3. The second kappa shape index (κ2) is 9.12. The topological polar surface area (TPSA) is 50.4 Å². The fourth-order valence-electron chi connectivity index (χ4n) is 2.29. The molecule has 0 bridgehead atoms. The average Bonchev–Trinajstić information content (AvgIpc) is 2.59. The van der Waals surface area contributed by atoms with Crippen LogP contribution in [0.25, 0.3) is 0 Å². The van der Waals surface area contributed by atoms with Crippen LogP contribution in [0.3, 0.4) is 0 Å². The second-order valence-corrected chi connectivity index (χ2v) is 5.78. The van der Waals surface area contributed by atoms with E-state index >= 15 is 0 Å². The highest BCUT2D eigenvalue weighted by atomic mass is 19.4. The van der Waals surface area contributed by atoms with Crippen molar-refractivity contribution in [3.05, 3.63) is 54.1 Å². The number of benzene rings is 2. The largest absolute Gasteiger partial charge is 0.493 e. The maximum Gasteiger partial charge on any atom is 0.405 e. The zero-order valence-corrected chi connectivity index (χ0v) is 14.4. The summed E-state index contributed by atoms with van der Waals surface area (Å²) in [5.41, 5.74) is 1.57. The number of anilines is 2. The van der Waals surface area contributed by atoms with Gasteiger partial charge < -0.3 is 15.4 Å². The molecule has 0 aromatic heterocycles. The lowest BCUT2D eigenvalue weighted by Crippen LogP contribution is -2.22. The van der Waals surface area contributed by atoms with Gasteiger partial charge in [0.15, 0.2) is 0 Å². The van der Waals surface area contributed by atoms with Crippen molar-refractivity contribution in [3.63, 3.8) is 0 Å². The number of aryl methyl sites for hydroxylation is 1. The van der Waals surface area contributed by atoms with Crippen LogP contribution < -0.4 is 15.4 Å². The van der Waals surface area contributed by atoms with Gasteiger partial charge in [0, 0.05) is 6.42 Å². The molecular formula is C19H21F3N2O2. The van der Waals surface area contributed by atoms with Gasteiger partial charge >= 0.3 is 6.18 Å². The molecule has 2 N–H and O–H groups in total. The third kappa shape index (κ3) is 6.66. The molecule has 0 radical (unpaired) electrons. The lowest BCUT2D eigenvalue weighted by molar-refractivity contribution is -0.116. The fraction of sp³-hybridized carbons (Fsp3) is 0.316. The number of alkyl halides is 3. The lowest BCUT2D eigenvalue weighted by atomic mass is 10.2. The number of hydrogen-bond acceptors (Lipinski definition) is 3. The summed E-state index contributed by atoms with van der Waals surface area (Å²) in [5, 5.41) is 4.92. The van der Waals surface area contributed by atoms with Crippen LogP contribution in [0.1, 0.15) is 18.4 Å². The van der Waals surface area contributed by atoms with Crippen LogP contribution in [0.2, 0.25) is 0 Å². The maximum atomic E-state index is 12.3. The van der Waals surface area contributed by atoms with Crippen molar-refractivity contribution in [2.75, 3.05) is 23.8 Å². The van der Waals surface area contributed by atoms with Crippen molar-refractivity contribution >= 4 is 17.3 Å². The van der Waals surface area contributed by atoms with Gasteiger partial charge in [-0.05, 0) is 37.1 Å². The number of hydrogen-bond donors (Lipinski definition) is 2. The minimum absolute atomic E-state index is 0.208. The summed E-state index contributed by atoms with van der Waals surface area (Å²) in [5.74, 6) is 0.495. The molecule has 2 aromatic carbocycles. The number of carbonyl (C=O) groups is 1. The van der Waals surface area contributed by atoms with Crippen LogP contribution in [0.4, 0.5) is 24.5 Å². The summed E-state index contributed by atoms with van der Waals surface area (Å²) in [7, 11) is 0. The Labute approximate surface area is 150 Å². The van der Waals surface area contributed by atoms with Crippen molar-refractivity contribution in [1.29, 1.82) is 0 Å². The smallest absolute Gasteiger partial charge is 0.405 e. The standard InChI is InChI=1S/C19H21F3N2O2/c1-14-7-2-5-10-17(14)26-12-6-11-18(25)24-16-9-4-3-8-15(16)23-13-19(20,21)22/h2-5,7-10,23H,6,11-13H2,1H3,(H,24,25). The van der Waals surface area contributed by atoms with Crippen LogP contribution in [-0.2, 0) is 4.79 Å². The van der Waals surface area contributed by atoms with E-state index in [0.717, 1.165) is 11.3 Å². The highest BCUT2D eigenvalue weighted by Gasteiger charge is 2.27. The molecule has 2 aromatic rings. The maximum absolute atomic E-state index is 12.3. The summed E-state index contributed by atoms with van der Waals surface area (Å²) >= 11 is 0. The zero-order valence-electron chi connectivity index (χ0n) is 14.4. The average molecular weight is 366 g/mol. The molecule has 0 fully saturated rings. The summed E-state index contributed by atoms with van der Waals surface area (Å²) < 4.78 is 42.7. The molecule has 2 rings (SSSR count). The Hall–Kier alpha value is -2.70. The summed E-state index contributed by atoms with van der Waals surface area (Å²) in [6, 6.07) is 13.9. The normalized spacial score (nSPS) is 11.1. The van der Waals surface area contributed by atoms with Crippen LogP contribution in [0, 0.1) is 6.92 Å². The quantitative estimate of drug-likeness (QED) is 0.662. The molecule has 0 spiro atoms. The van der Waals surface area contributed by atoms with Gasteiger partial charge in [0.25, 0.3) is 0 Å². The Morgan fingerprint density at radius 1 is 1.04 bits per heavy atom. The first-order chi connectivity index (χ1) is 12.3. The third-order valence-electron chi connectivity index (χ3n) is 3.58. The Kier molecular flexibility index (Phi) is 6.89. The SMILES string of the molecule is Cc1ccccc1OCCCC(=O)Nc1ccccc1NCC(F)(F)F. The van der Waals surface area contributed by atoms with E-state index in [9.17, 15) is 18.0 Å². The molecule has 0 saturated heterocycles. The second-order valence-electron chi connectivity index (χ2n) is 5.78. The van der Waals surface area contributed by atoms with Gasteiger partial charge in [-0.2, -0.15) is 13.2 Å². The summed E-state index contributed by atoms with van der Waals surface area (Å²) in [6.07, 6.45) is -3.62. The van der Waals surface area contributed by atoms with Gasteiger partial charge in [0.2, 0.25) is 5.91 Å². The van der Waals surface area contributed by atoms with Gasteiger partial charge in [-0.1, -0.05) is 30.3 Å². The molecule has 26 heavy (non-hydrogen) atoms. The van der Waals surface area contributed by atoms with E-state index in [0.29, 0.717) is 18.7 Å². The Bertz CT molecular complexity index is 733. The molecule has 0 unspecified atom stereocenters. The molecule has 0 heterocycles. The van der Waals surface area contributed by atoms with Gasteiger partial charge in [-0.15, -0.1) is 0 Å². The molecule has 0 aliphatic heterocycles. The van der Waals surface area contributed by atoms with E-state index in [4.69, 9.17) is 4.74 Å². The number of para-hydroxylation sites is 3. The van der Waals surface area contributed by atoms with Crippen LogP contribution in [-0.4, -0.2) is 25.2 Å². The van der Waals surface area contributed by atoms with Gasteiger partial charge in [0.05, 0.1) is 18.0 Å². The molecule has 4 nitrogen and oxygen atoms in total. The molecule has 7 heteroatoms. The van der Waals surface area contributed by atoms with E-state index in [-0.39, 0.29) is 18.0 Å². The lowest BCUT2D eigenvalue weighted by Gasteiger charge is -2.14. The highest BCUT2D eigenvalue weighted by molar-refractivity contribution is 5.94. The summed E-state index contributed by atoms with van der Waals surface area (Å²) in [6.45, 7) is 1.16. The minimum Gasteiger partial charge on any atom is -0.493 e. The van der Waals surface area contributed by atoms with Crippen molar-refractivity contribution in [2.24, 2.45) is 0 Å². The number of nitrogens with one attached hydrogen (secondary N) is 2. The third-order valence-corrected chi connectivity index (χ3v) is 3.58. The van der Waals surface area contributed by atoms with Crippen LogP contribution in [0.15, 0.2) is 48.5 Å². The number of rotatable bonds is 8. The first-order valence-corrected chi connectivity index (χ1v) is 8.23. The van der Waals surface area contributed by atoms with E-state index in [2.05, 4.69) is 10.6 Å². The first-order valence-electron chi connectivity index (χ1n) is 8.23. The monoisotopic (exact) mass is 366 g/mol. The van der Waals surface area contributed by atoms with E-state index in [1.807, 2.05) is 31.2 Å². The van der Waals surface area contributed by atoms with E-state index < -0.39 is 12.7 Å². The molecule has 0 atom stereocenters. The van der Waals surface area contributed by atoms with Gasteiger partial charge in [0.1, 0.15) is 12.3 Å². The van der Waals surface area contributed by atoms with Crippen molar-refractivity contribution in [3.8, 4) is 5.75 Å². The molecular weight excluding hydrogens is 345 g/mol. The Balaban J connectivity index is 1.80. The van der Waals surface area contributed by atoms with Gasteiger partial charge in [-0.25, -0.2) is 0 Å².